The molecule has 2 amide bonds. The molecule has 0 aromatic rings. The van der Waals surface area contributed by atoms with Gasteiger partial charge >= 0.3 is 0 Å². The number of rotatable bonds is 6. The number of carbonyl (C=O) groups is 3. The summed E-state index contributed by atoms with van der Waals surface area (Å²) in [4.78, 5) is 33.3. The largest absolute Gasteiger partial charge is 0.295 e. The Bertz CT molecular complexity index is 250. The summed E-state index contributed by atoms with van der Waals surface area (Å²) >= 11 is 0. The van der Waals surface area contributed by atoms with Gasteiger partial charge in [-0.1, -0.05) is 15.3 Å². The van der Waals surface area contributed by atoms with Crippen molar-refractivity contribution in [3.8, 4) is 0 Å². The second-order valence-electron chi connectivity index (χ2n) is 2.71. The number of amides is 2. The average molecular weight is 215 g/mol. The van der Waals surface area contributed by atoms with E-state index in [9.17, 15) is 14.4 Å². The molecule has 78 valence electrons. The third-order valence-electron chi connectivity index (χ3n) is 1.54. The number of hydrogen-bond donors (Lipinski definition) is 0. The van der Waals surface area contributed by atoms with Crippen molar-refractivity contribution in [1.29, 1.82) is 0 Å². The number of allylic oxidation sites excluding steroid dienone is 1. The molecular weight excluding hydrogens is 201 g/mol. The smallest absolute Gasteiger partial charge is 0.252 e. The van der Waals surface area contributed by atoms with Crippen LogP contribution >= 0.6 is 9.24 Å². The fourth-order valence-corrected chi connectivity index (χ4v) is 1.08. The topological polar surface area (TPSA) is 54.5 Å². The van der Waals surface area contributed by atoms with E-state index in [1.807, 2.05) is 0 Å². The molecule has 5 heteroatoms. The molecule has 4 nitrogen and oxygen atoms in total. The maximum absolute atomic E-state index is 11.2. The van der Waals surface area contributed by atoms with E-state index in [4.69, 9.17) is 0 Å². The minimum absolute atomic E-state index is 0.0191. The summed E-state index contributed by atoms with van der Waals surface area (Å²) in [7, 11) is 2.06. The molecule has 0 aliphatic carbocycles. The minimum atomic E-state index is -0.348. The van der Waals surface area contributed by atoms with Crippen LogP contribution in [0, 0.1) is 0 Å². The van der Waals surface area contributed by atoms with E-state index in [0.717, 1.165) is 4.90 Å². The molecule has 1 unspecified atom stereocenters. The van der Waals surface area contributed by atoms with Gasteiger partial charge in [0.1, 0.15) is 5.52 Å². The van der Waals surface area contributed by atoms with Crippen LogP contribution in [0.4, 0.5) is 0 Å². The monoisotopic (exact) mass is 215 g/mol. The number of nitrogens with zero attached hydrogens (tertiary/aromatic N) is 1. The normalized spacial score (nSPS) is 10.1. The molecule has 0 fully saturated rings. The Hall–Kier alpha value is -1.02. The zero-order chi connectivity index (χ0) is 11.0. The van der Waals surface area contributed by atoms with Gasteiger partial charge in [0.05, 0.1) is 0 Å². The predicted molar refractivity (Wildman–Crippen MR) is 56.5 cm³/mol. The Morgan fingerprint density at radius 2 is 2.07 bits per heavy atom. The van der Waals surface area contributed by atoms with E-state index in [0.29, 0.717) is 19.3 Å². The molecule has 0 N–H and O–H groups in total. The predicted octanol–water partition coefficient (Wildman–Crippen LogP) is 0.729. The molecule has 0 aromatic carbocycles. The van der Waals surface area contributed by atoms with Crippen molar-refractivity contribution >= 4 is 27.1 Å². The number of imide groups is 1. The highest BCUT2D eigenvalue weighted by Gasteiger charge is 2.08. The summed E-state index contributed by atoms with van der Waals surface area (Å²) < 4.78 is 0. The van der Waals surface area contributed by atoms with Crippen LogP contribution in [0.5, 0.6) is 0 Å². The van der Waals surface area contributed by atoms with Gasteiger partial charge in [0.2, 0.25) is 6.41 Å². The quantitative estimate of drug-likeness (QED) is 0.373. The van der Waals surface area contributed by atoms with Gasteiger partial charge in [-0.05, 0) is 19.4 Å². The molecule has 0 radical (unpaired) electrons. The lowest BCUT2D eigenvalue weighted by Gasteiger charge is -2.11. The minimum Gasteiger partial charge on any atom is -0.295 e. The third-order valence-corrected chi connectivity index (χ3v) is 1.83. The highest BCUT2D eigenvalue weighted by atomic mass is 31.0. The van der Waals surface area contributed by atoms with Crippen LogP contribution < -0.4 is 0 Å². The van der Waals surface area contributed by atoms with Gasteiger partial charge in [0.25, 0.3) is 5.91 Å². The van der Waals surface area contributed by atoms with Gasteiger partial charge in [0, 0.05) is 13.0 Å². The first-order valence-electron chi connectivity index (χ1n) is 4.28. The first kappa shape index (κ1) is 13.0. The molecule has 0 aliphatic heterocycles. The van der Waals surface area contributed by atoms with Crippen molar-refractivity contribution in [3.05, 3.63) is 12.2 Å². The Kier molecular flexibility index (Phi) is 6.85. The Morgan fingerprint density at radius 1 is 1.43 bits per heavy atom. The van der Waals surface area contributed by atoms with E-state index in [1.54, 1.807) is 13.0 Å². The highest BCUT2D eigenvalue weighted by molar-refractivity contribution is 7.40. The van der Waals surface area contributed by atoms with E-state index in [2.05, 4.69) is 9.24 Å². The number of hydrogen-bond acceptors (Lipinski definition) is 3. The maximum atomic E-state index is 11.2. The molecule has 0 bridgehead atoms. The van der Waals surface area contributed by atoms with Crippen molar-refractivity contribution in [2.45, 2.75) is 19.8 Å². The first-order chi connectivity index (χ1) is 6.61. The zero-order valence-electron chi connectivity index (χ0n) is 8.10. The Balaban J connectivity index is 3.96. The summed E-state index contributed by atoms with van der Waals surface area (Å²) in [6.07, 6.45) is 4.23. The highest BCUT2D eigenvalue weighted by Crippen LogP contribution is 1.99. The van der Waals surface area contributed by atoms with Gasteiger partial charge in [-0.15, -0.1) is 0 Å². The van der Waals surface area contributed by atoms with Crippen molar-refractivity contribution < 1.29 is 14.4 Å². The van der Waals surface area contributed by atoms with Crippen molar-refractivity contribution in [2.24, 2.45) is 0 Å². The second kappa shape index (κ2) is 7.39. The van der Waals surface area contributed by atoms with Crippen molar-refractivity contribution in [3.63, 3.8) is 0 Å². The van der Waals surface area contributed by atoms with Crippen LogP contribution in [-0.4, -0.2) is 29.3 Å². The third kappa shape index (κ3) is 5.60. The van der Waals surface area contributed by atoms with Crippen molar-refractivity contribution in [1.82, 2.24) is 4.90 Å². The van der Waals surface area contributed by atoms with Crippen LogP contribution in [0.25, 0.3) is 0 Å². The van der Waals surface area contributed by atoms with Gasteiger partial charge in [0.15, 0.2) is 0 Å². The van der Waals surface area contributed by atoms with Crippen LogP contribution in [-0.2, 0) is 14.4 Å². The van der Waals surface area contributed by atoms with Crippen LogP contribution in [0.15, 0.2) is 12.2 Å². The molecule has 0 spiro atoms. The molecule has 0 saturated heterocycles. The van der Waals surface area contributed by atoms with Crippen LogP contribution in [0.1, 0.15) is 19.8 Å². The standard InChI is InChI=1S/C9H14NO3P/c1-2-4-8(12)10(7-11)6-3-5-9(13)14/h2,4,7H,3,5-6,14H2,1H3/b4-2-. The van der Waals surface area contributed by atoms with Gasteiger partial charge in [-0.25, -0.2) is 0 Å². The van der Waals surface area contributed by atoms with Crippen LogP contribution in [0.3, 0.4) is 0 Å². The summed E-state index contributed by atoms with van der Waals surface area (Å²) in [5, 5.41) is 0. The van der Waals surface area contributed by atoms with Gasteiger partial charge < -0.3 is 0 Å². The summed E-state index contributed by atoms with van der Waals surface area (Å²) in [6, 6.07) is 0. The SMILES string of the molecule is C/C=C\C(=O)N(C=O)CCCC(=O)P. The van der Waals surface area contributed by atoms with Gasteiger partial charge in [-0.2, -0.15) is 0 Å². The molecule has 1 atom stereocenters. The van der Waals surface area contributed by atoms with E-state index in [1.165, 1.54) is 6.08 Å². The molecule has 0 saturated carbocycles. The van der Waals surface area contributed by atoms with Crippen molar-refractivity contribution in [2.75, 3.05) is 6.54 Å². The lowest BCUT2D eigenvalue weighted by Crippen LogP contribution is -2.29. The van der Waals surface area contributed by atoms with Gasteiger partial charge in [-0.3, -0.25) is 19.3 Å². The summed E-state index contributed by atoms with van der Waals surface area (Å²) in [5.41, 5.74) is -0.0191. The lowest BCUT2D eigenvalue weighted by atomic mass is 10.3. The lowest BCUT2D eigenvalue weighted by molar-refractivity contribution is -0.134. The van der Waals surface area contributed by atoms with E-state index in [-0.39, 0.29) is 18.0 Å². The van der Waals surface area contributed by atoms with E-state index < -0.39 is 0 Å². The second-order valence-corrected chi connectivity index (χ2v) is 3.35. The maximum Gasteiger partial charge on any atom is 0.252 e. The molecule has 14 heavy (non-hydrogen) atoms. The first-order valence-corrected chi connectivity index (χ1v) is 4.86. The molecule has 0 heterocycles. The summed E-state index contributed by atoms with van der Waals surface area (Å²) in [5.74, 6) is -0.348. The Labute approximate surface area is 85.5 Å². The molecule has 0 rings (SSSR count). The van der Waals surface area contributed by atoms with E-state index >= 15 is 0 Å². The summed E-state index contributed by atoms with van der Waals surface area (Å²) in [6.45, 7) is 1.99. The number of carbonyl (C=O) groups excluding carboxylic acids is 3. The average Bonchev–Trinajstić information content (AvgIpc) is 2.12. The molecule has 0 aliphatic rings. The fraction of sp³-hybridized carbons (Fsp3) is 0.444. The molecule has 0 aromatic heterocycles. The van der Waals surface area contributed by atoms with Crippen LogP contribution in [0.2, 0.25) is 0 Å². The Morgan fingerprint density at radius 3 is 2.50 bits per heavy atom. The zero-order valence-corrected chi connectivity index (χ0v) is 9.26. The fourth-order valence-electron chi connectivity index (χ4n) is 0.877. The molecular formula is C9H14NO3P.